The summed E-state index contributed by atoms with van der Waals surface area (Å²) in [5.74, 6) is -1.32. The summed E-state index contributed by atoms with van der Waals surface area (Å²) in [7, 11) is 0. The first-order valence-electron chi connectivity index (χ1n) is 7.47. The molecule has 114 valence electrons. The van der Waals surface area contributed by atoms with Gasteiger partial charge in [0.1, 0.15) is 0 Å². The van der Waals surface area contributed by atoms with E-state index in [4.69, 9.17) is 5.11 Å². The number of hydrogen-bond acceptors (Lipinski definition) is 3. The first-order valence-corrected chi connectivity index (χ1v) is 7.47. The second kappa shape index (κ2) is 5.75. The van der Waals surface area contributed by atoms with Crippen molar-refractivity contribution in [2.45, 2.75) is 25.7 Å². The van der Waals surface area contributed by atoms with Crippen LogP contribution in [0.3, 0.4) is 0 Å². The molecule has 1 amide bonds. The molecule has 1 aliphatic carbocycles. The zero-order chi connectivity index (χ0) is 15.7. The summed E-state index contributed by atoms with van der Waals surface area (Å²) in [5.41, 5.74) is 2.34. The quantitative estimate of drug-likeness (QED) is 0.889. The average molecular weight is 298 g/mol. The third-order valence-electron chi connectivity index (χ3n) is 3.97. The molecule has 22 heavy (non-hydrogen) atoms. The molecule has 0 aliphatic heterocycles. The molecule has 1 aliphatic rings. The van der Waals surface area contributed by atoms with E-state index in [0.717, 1.165) is 29.4 Å². The lowest BCUT2D eigenvalue weighted by Crippen LogP contribution is -2.31. The third kappa shape index (κ3) is 2.93. The Morgan fingerprint density at radius 2 is 2.09 bits per heavy atom. The Labute approximate surface area is 128 Å². The highest BCUT2D eigenvalue weighted by molar-refractivity contribution is 6.06. The summed E-state index contributed by atoms with van der Waals surface area (Å²) in [5, 5.41) is 12.4. The normalized spacial score (nSPS) is 15.5. The van der Waals surface area contributed by atoms with Crippen LogP contribution < -0.4 is 5.32 Å². The second-order valence-corrected chi connectivity index (χ2v) is 5.84. The van der Waals surface area contributed by atoms with Gasteiger partial charge < -0.3 is 10.4 Å². The largest absolute Gasteiger partial charge is 0.481 e. The average Bonchev–Trinajstić information content (AvgIpc) is 3.35. The summed E-state index contributed by atoms with van der Waals surface area (Å²) in [4.78, 5) is 27.9. The standard InChI is InChI=1S/C17H18N2O3/c1-10(17(21)22)9-18-16(20)13-8-15(11-6-7-11)19-14-5-3-2-4-12(13)14/h2-5,8,10-11H,6-7,9H2,1H3,(H,18,20)(H,21,22). The minimum absolute atomic E-state index is 0.115. The summed E-state index contributed by atoms with van der Waals surface area (Å²) < 4.78 is 0. The lowest BCUT2D eigenvalue weighted by atomic mass is 10.0. The number of aromatic nitrogens is 1. The number of hydrogen-bond donors (Lipinski definition) is 2. The highest BCUT2D eigenvalue weighted by Gasteiger charge is 2.27. The minimum atomic E-state index is -0.918. The Kier molecular flexibility index (Phi) is 3.79. The van der Waals surface area contributed by atoms with Gasteiger partial charge in [0.15, 0.2) is 0 Å². The Morgan fingerprint density at radius 3 is 2.77 bits per heavy atom. The van der Waals surface area contributed by atoms with Crippen LogP contribution in [0.25, 0.3) is 10.9 Å². The van der Waals surface area contributed by atoms with E-state index >= 15 is 0 Å². The van der Waals surface area contributed by atoms with Crippen molar-refractivity contribution in [2.75, 3.05) is 6.54 Å². The van der Waals surface area contributed by atoms with E-state index in [1.54, 1.807) is 6.92 Å². The van der Waals surface area contributed by atoms with E-state index in [1.165, 1.54) is 0 Å². The number of nitrogens with zero attached hydrogens (tertiary/aromatic N) is 1. The van der Waals surface area contributed by atoms with Crippen molar-refractivity contribution in [2.24, 2.45) is 5.92 Å². The van der Waals surface area contributed by atoms with Crippen LogP contribution in [-0.4, -0.2) is 28.5 Å². The molecule has 2 aromatic rings. The van der Waals surface area contributed by atoms with Crippen molar-refractivity contribution < 1.29 is 14.7 Å². The smallest absolute Gasteiger partial charge is 0.308 e. The highest BCUT2D eigenvalue weighted by atomic mass is 16.4. The van der Waals surface area contributed by atoms with Crippen LogP contribution in [0.5, 0.6) is 0 Å². The van der Waals surface area contributed by atoms with Gasteiger partial charge in [-0.15, -0.1) is 0 Å². The summed E-state index contributed by atoms with van der Waals surface area (Å²) in [6.45, 7) is 1.69. The van der Waals surface area contributed by atoms with Crippen molar-refractivity contribution in [3.63, 3.8) is 0 Å². The number of aliphatic carboxylic acids is 1. The maximum absolute atomic E-state index is 12.4. The lowest BCUT2D eigenvalue weighted by molar-refractivity contribution is -0.140. The number of amides is 1. The number of benzene rings is 1. The molecule has 1 unspecified atom stereocenters. The summed E-state index contributed by atoms with van der Waals surface area (Å²) in [6, 6.07) is 9.39. The fourth-order valence-electron chi connectivity index (χ4n) is 2.40. The number of carbonyl (C=O) groups is 2. The molecule has 0 bridgehead atoms. The number of nitrogens with one attached hydrogen (secondary N) is 1. The molecule has 5 heteroatoms. The predicted molar refractivity (Wildman–Crippen MR) is 82.9 cm³/mol. The SMILES string of the molecule is CC(CNC(=O)c1cc(C2CC2)nc2ccccc12)C(=O)O. The van der Waals surface area contributed by atoms with Gasteiger partial charge in [-0.2, -0.15) is 0 Å². The predicted octanol–water partition coefficient (Wildman–Crippen LogP) is 2.56. The molecular formula is C17H18N2O3. The number of fused-ring (bicyclic) bond motifs is 1. The first kappa shape index (κ1) is 14.5. The maximum atomic E-state index is 12.4. The molecule has 1 atom stereocenters. The molecule has 0 saturated heterocycles. The monoisotopic (exact) mass is 298 g/mol. The number of carboxylic acid groups (broad SMARTS) is 1. The summed E-state index contributed by atoms with van der Waals surface area (Å²) >= 11 is 0. The van der Waals surface area contributed by atoms with Gasteiger partial charge in [-0.05, 0) is 25.0 Å². The molecule has 0 radical (unpaired) electrons. The second-order valence-electron chi connectivity index (χ2n) is 5.84. The van der Waals surface area contributed by atoms with Crippen LogP contribution in [-0.2, 0) is 4.79 Å². The van der Waals surface area contributed by atoms with Crippen LogP contribution in [0, 0.1) is 5.92 Å². The molecule has 1 saturated carbocycles. The molecule has 3 rings (SSSR count). The van der Waals surface area contributed by atoms with Gasteiger partial charge in [-0.1, -0.05) is 25.1 Å². The summed E-state index contributed by atoms with van der Waals surface area (Å²) in [6.07, 6.45) is 2.23. The highest BCUT2D eigenvalue weighted by Crippen LogP contribution is 2.40. The molecule has 1 aromatic carbocycles. The van der Waals surface area contributed by atoms with Gasteiger partial charge in [0.25, 0.3) is 5.91 Å². The van der Waals surface area contributed by atoms with Crippen molar-refractivity contribution in [1.82, 2.24) is 10.3 Å². The Hall–Kier alpha value is -2.43. The van der Waals surface area contributed by atoms with Gasteiger partial charge in [-0.25, -0.2) is 0 Å². The van der Waals surface area contributed by atoms with Crippen molar-refractivity contribution >= 4 is 22.8 Å². The van der Waals surface area contributed by atoms with Crippen molar-refractivity contribution in [1.29, 1.82) is 0 Å². The molecular weight excluding hydrogens is 280 g/mol. The Morgan fingerprint density at radius 1 is 1.36 bits per heavy atom. The van der Waals surface area contributed by atoms with Crippen molar-refractivity contribution in [3.8, 4) is 0 Å². The minimum Gasteiger partial charge on any atom is -0.481 e. The van der Waals surface area contributed by atoms with E-state index < -0.39 is 11.9 Å². The number of rotatable bonds is 5. The number of pyridine rings is 1. The van der Waals surface area contributed by atoms with Gasteiger partial charge in [0.05, 0.1) is 17.0 Å². The number of carboxylic acids is 1. The topological polar surface area (TPSA) is 79.3 Å². The molecule has 0 spiro atoms. The Balaban J connectivity index is 1.91. The Bertz CT molecular complexity index is 738. The zero-order valence-electron chi connectivity index (χ0n) is 12.4. The van der Waals surface area contributed by atoms with Crippen LogP contribution in [0.1, 0.15) is 41.7 Å². The lowest BCUT2D eigenvalue weighted by Gasteiger charge is -2.11. The third-order valence-corrected chi connectivity index (χ3v) is 3.97. The fourth-order valence-corrected chi connectivity index (χ4v) is 2.40. The van der Waals surface area contributed by atoms with Crippen LogP contribution in [0.15, 0.2) is 30.3 Å². The van der Waals surface area contributed by atoms with E-state index in [9.17, 15) is 9.59 Å². The first-order chi connectivity index (χ1) is 10.6. The van der Waals surface area contributed by atoms with E-state index in [0.29, 0.717) is 11.5 Å². The fraction of sp³-hybridized carbons (Fsp3) is 0.353. The van der Waals surface area contributed by atoms with Gasteiger partial charge in [0.2, 0.25) is 0 Å². The molecule has 1 heterocycles. The zero-order valence-corrected chi connectivity index (χ0v) is 12.4. The van der Waals surface area contributed by atoms with Crippen LogP contribution >= 0.6 is 0 Å². The van der Waals surface area contributed by atoms with Gasteiger partial charge in [0, 0.05) is 23.5 Å². The molecule has 1 fully saturated rings. The van der Waals surface area contributed by atoms with E-state index in [2.05, 4.69) is 10.3 Å². The van der Waals surface area contributed by atoms with Gasteiger partial charge in [-0.3, -0.25) is 14.6 Å². The molecule has 2 N–H and O–H groups in total. The van der Waals surface area contributed by atoms with Crippen LogP contribution in [0.4, 0.5) is 0 Å². The van der Waals surface area contributed by atoms with E-state index in [1.807, 2.05) is 30.3 Å². The number of carbonyl (C=O) groups excluding carboxylic acids is 1. The van der Waals surface area contributed by atoms with Crippen molar-refractivity contribution in [3.05, 3.63) is 41.6 Å². The maximum Gasteiger partial charge on any atom is 0.308 e. The van der Waals surface area contributed by atoms with Gasteiger partial charge >= 0.3 is 5.97 Å². The van der Waals surface area contributed by atoms with Crippen LogP contribution in [0.2, 0.25) is 0 Å². The molecule has 5 nitrogen and oxygen atoms in total. The van der Waals surface area contributed by atoms with E-state index in [-0.39, 0.29) is 12.5 Å². The number of para-hydroxylation sites is 1. The molecule has 1 aromatic heterocycles.